The van der Waals surface area contributed by atoms with E-state index in [-0.39, 0.29) is 12.5 Å². The molecule has 0 spiro atoms. The molecule has 1 atom stereocenters. The fourth-order valence-corrected chi connectivity index (χ4v) is 2.33. The second-order valence-corrected chi connectivity index (χ2v) is 5.11. The minimum atomic E-state index is -0.0991. The van der Waals surface area contributed by atoms with Crippen LogP contribution >= 0.6 is 11.6 Å². The molecular formula is C14H19ClN2O2. The first-order valence-corrected chi connectivity index (χ1v) is 7.00. The van der Waals surface area contributed by atoms with E-state index in [1.54, 1.807) is 24.3 Å². The van der Waals surface area contributed by atoms with Crippen LogP contribution in [0.1, 0.15) is 19.3 Å². The molecule has 1 aromatic carbocycles. The van der Waals surface area contributed by atoms with Gasteiger partial charge in [0, 0.05) is 17.6 Å². The Hall–Kier alpha value is -1.26. The predicted octanol–water partition coefficient (Wildman–Crippen LogP) is 1.98. The van der Waals surface area contributed by atoms with Crippen molar-refractivity contribution in [1.29, 1.82) is 0 Å². The van der Waals surface area contributed by atoms with Crippen molar-refractivity contribution in [2.45, 2.75) is 25.3 Å². The smallest absolute Gasteiger partial charge is 0.257 e. The van der Waals surface area contributed by atoms with Crippen molar-refractivity contribution in [3.63, 3.8) is 0 Å². The number of benzene rings is 1. The second-order valence-electron chi connectivity index (χ2n) is 4.68. The Labute approximate surface area is 118 Å². The topological polar surface area (TPSA) is 50.4 Å². The molecule has 1 fully saturated rings. The summed E-state index contributed by atoms with van der Waals surface area (Å²) in [6, 6.07) is 7.58. The van der Waals surface area contributed by atoms with Gasteiger partial charge in [0.05, 0.1) is 0 Å². The molecular weight excluding hydrogens is 264 g/mol. The number of nitrogens with one attached hydrogen (secondary N) is 2. The lowest BCUT2D eigenvalue weighted by Crippen LogP contribution is -2.33. The second kappa shape index (κ2) is 7.36. The van der Waals surface area contributed by atoms with Crippen LogP contribution in [0, 0.1) is 0 Å². The largest absolute Gasteiger partial charge is 0.484 e. The van der Waals surface area contributed by atoms with E-state index in [2.05, 4.69) is 10.6 Å². The van der Waals surface area contributed by atoms with E-state index in [9.17, 15) is 4.79 Å². The first-order chi connectivity index (χ1) is 9.24. The molecule has 1 heterocycles. The minimum Gasteiger partial charge on any atom is -0.484 e. The third kappa shape index (κ3) is 5.09. The molecule has 1 aliphatic rings. The van der Waals surface area contributed by atoms with Crippen molar-refractivity contribution in [2.24, 2.45) is 0 Å². The molecule has 5 heteroatoms. The van der Waals surface area contributed by atoms with Crippen LogP contribution in [-0.2, 0) is 4.79 Å². The maximum Gasteiger partial charge on any atom is 0.257 e. The zero-order valence-corrected chi connectivity index (χ0v) is 11.6. The summed E-state index contributed by atoms with van der Waals surface area (Å²) in [6.07, 6.45) is 3.41. The van der Waals surface area contributed by atoms with Gasteiger partial charge in [-0.05, 0) is 44.0 Å². The number of rotatable bonds is 6. The van der Waals surface area contributed by atoms with Crippen LogP contribution < -0.4 is 15.4 Å². The minimum absolute atomic E-state index is 0.0262. The molecule has 0 unspecified atom stereocenters. The Balaban J connectivity index is 1.61. The van der Waals surface area contributed by atoms with Crippen LogP contribution in [0.4, 0.5) is 0 Å². The third-order valence-corrected chi connectivity index (χ3v) is 3.38. The molecule has 1 saturated heterocycles. The Bertz CT molecular complexity index is 420. The first kappa shape index (κ1) is 14.2. The summed E-state index contributed by atoms with van der Waals surface area (Å²) in [4.78, 5) is 11.6. The average Bonchev–Trinajstić information content (AvgIpc) is 2.90. The fourth-order valence-electron chi connectivity index (χ4n) is 2.15. The van der Waals surface area contributed by atoms with Gasteiger partial charge in [-0.25, -0.2) is 0 Å². The van der Waals surface area contributed by atoms with Crippen molar-refractivity contribution in [1.82, 2.24) is 10.6 Å². The Morgan fingerprint density at radius 3 is 3.16 bits per heavy atom. The Morgan fingerprint density at radius 2 is 2.42 bits per heavy atom. The van der Waals surface area contributed by atoms with E-state index < -0.39 is 0 Å². The van der Waals surface area contributed by atoms with Crippen LogP contribution in [0.25, 0.3) is 0 Å². The molecule has 0 bridgehead atoms. The Morgan fingerprint density at radius 1 is 1.53 bits per heavy atom. The summed E-state index contributed by atoms with van der Waals surface area (Å²) in [6.45, 7) is 1.81. The van der Waals surface area contributed by atoms with Crippen LogP contribution in [-0.4, -0.2) is 31.6 Å². The highest BCUT2D eigenvalue weighted by Gasteiger charge is 2.13. The van der Waals surface area contributed by atoms with Gasteiger partial charge >= 0.3 is 0 Å². The SMILES string of the molecule is O=C(COc1cccc(Cl)c1)NCC[C@@H]1CCCN1. The van der Waals surface area contributed by atoms with Crippen LogP contribution in [0.5, 0.6) is 5.75 Å². The van der Waals surface area contributed by atoms with Crippen molar-refractivity contribution in [2.75, 3.05) is 19.7 Å². The van der Waals surface area contributed by atoms with Gasteiger partial charge in [-0.3, -0.25) is 4.79 Å². The lowest BCUT2D eigenvalue weighted by molar-refractivity contribution is -0.123. The highest BCUT2D eigenvalue weighted by molar-refractivity contribution is 6.30. The van der Waals surface area contributed by atoms with E-state index in [0.717, 1.165) is 13.0 Å². The van der Waals surface area contributed by atoms with E-state index >= 15 is 0 Å². The monoisotopic (exact) mass is 282 g/mol. The van der Waals surface area contributed by atoms with Gasteiger partial charge in [0.1, 0.15) is 5.75 Å². The van der Waals surface area contributed by atoms with Crippen molar-refractivity contribution in [3.8, 4) is 5.75 Å². The van der Waals surface area contributed by atoms with E-state index in [1.165, 1.54) is 12.8 Å². The summed E-state index contributed by atoms with van der Waals surface area (Å²) in [5, 5.41) is 6.86. The number of ether oxygens (including phenoxy) is 1. The highest BCUT2D eigenvalue weighted by atomic mass is 35.5. The number of hydrogen-bond donors (Lipinski definition) is 2. The standard InChI is InChI=1S/C14H19ClN2O2/c15-11-3-1-5-13(9-11)19-10-14(18)17-8-6-12-4-2-7-16-12/h1,3,5,9,12,16H,2,4,6-8,10H2,(H,17,18)/t12-/m0/s1. The van der Waals surface area contributed by atoms with Gasteiger partial charge in [-0.15, -0.1) is 0 Å². The zero-order chi connectivity index (χ0) is 13.5. The molecule has 104 valence electrons. The van der Waals surface area contributed by atoms with Crippen molar-refractivity contribution < 1.29 is 9.53 Å². The molecule has 0 aromatic heterocycles. The normalized spacial score (nSPS) is 18.3. The number of hydrogen-bond acceptors (Lipinski definition) is 3. The third-order valence-electron chi connectivity index (χ3n) is 3.14. The molecule has 1 aromatic rings. The van der Waals surface area contributed by atoms with Gasteiger partial charge < -0.3 is 15.4 Å². The summed E-state index contributed by atoms with van der Waals surface area (Å²) in [7, 11) is 0. The number of carbonyl (C=O) groups is 1. The lowest BCUT2D eigenvalue weighted by Gasteiger charge is -2.11. The van der Waals surface area contributed by atoms with E-state index in [1.807, 2.05) is 0 Å². The van der Waals surface area contributed by atoms with Gasteiger partial charge in [0.15, 0.2) is 6.61 Å². The maximum atomic E-state index is 11.6. The molecule has 0 radical (unpaired) electrons. The molecule has 1 aliphatic heterocycles. The van der Waals surface area contributed by atoms with E-state index in [4.69, 9.17) is 16.3 Å². The molecule has 2 rings (SSSR count). The van der Waals surface area contributed by atoms with Gasteiger partial charge in [-0.2, -0.15) is 0 Å². The Kier molecular flexibility index (Phi) is 5.48. The molecule has 2 N–H and O–H groups in total. The van der Waals surface area contributed by atoms with E-state index in [0.29, 0.717) is 23.4 Å². The van der Waals surface area contributed by atoms with Crippen LogP contribution in [0.15, 0.2) is 24.3 Å². The number of amides is 1. The summed E-state index contributed by atoms with van der Waals surface area (Å²) in [5.41, 5.74) is 0. The van der Waals surface area contributed by atoms with Crippen LogP contribution in [0.2, 0.25) is 5.02 Å². The molecule has 0 saturated carbocycles. The van der Waals surface area contributed by atoms with Gasteiger partial charge in [0.25, 0.3) is 5.91 Å². The van der Waals surface area contributed by atoms with Gasteiger partial charge in [0.2, 0.25) is 0 Å². The molecule has 19 heavy (non-hydrogen) atoms. The van der Waals surface area contributed by atoms with Gasteiger partial charge in [-0.1, -0.05) is 17.7 Å². The number of halogens is 1. The molecule has 0 aliphatic carbocycles. The van der Waals surface area contributed by atoms with Crippen molar-refractivity contribution in [3.05, 3.63) is 29.3 Å². The summed E-state index contributed by atoms with van der Waals surface area (Å²) in [5.74, 6) is 0.512. The fraction of sp³-hybridized carbons (Fsp3) is 0.500. The highest BCUT2D eigenvalue weighted by Crippen LogP contribution is 2.16. The number of carbonyl (C=O) groups excluding carboxylic acids is 1. The quantitative estimate of drug-likeness (QED) is 0.839. The predicted molar refractivity (Wildman–Crippen MR) is 75.6 cm³/mol. The van der Waals surface area contributed by atoms with Crippen molar-refractivity contribution >= 4 is 17.5 Å². The zero-order valence-electron chi connectivity index (χ0n) is 10.8. The van der Waals surface area contributed by atoms with Crippen LogP contribution in [0.3, 0.4) is 0 Å². The molecule has 1 amide bonds. The first-order valence-electron chi connectivity index (χ1n) is 6.62. The maximum absolute atomic E-state index is 11.6. The summed E-state index contributed by atoms with van der Waals surface area (Å²) >= 11 is 5.83. The summed E-state index contributed by atoms with van der Waals surface area (Å²) < 4.78 is 5.36. The molecule has 4 nitrogen and oxygen atoms in total. The lowest BCUT2D eigenvalue weighted by atomic mass is 10.1. The average molecular weight is 283 g/mol.